The van der Waals surface area contributed by atoms with Crippen molar-refractivity contribution in [2.24, 2.45) is 5.92 Å². The van der Waals surface area contributed by atoms with Gasteiger partial charge in [0.25, 0.3) is 0 Å². The van der Waals surface area contributed by atoms with E-state index in [1.165, 1.54) is 51.4 Å². The first kappa shape index (κ1) is 30.6. The molecule has 0 amide bonds. The summed E-state index contributed by atoms with van der Waals surface area (Å²) in [6, 6.07) is 0. The zero-order valence-corrected chi connectivity index (χ0v) is 18.4. The van der Waals surface area contributed by atoms with Crippen LogP contribution in [0.3, 0.4) is 0 Å². The monoisotopic (exact) mass is 438 g/mol. The molecule has 0 aromatic heterocycles. The summed E-state index contributed by atoms with van der Waals surface area (Å²) < 4.78 is 26.7. The SMILES string of the molecule is CCCCCCCCC(CCCCCC)COP(=O)(OO)OCCCCl.[NaH]. The van der Waals surface area contributed by atoms with E-state index in [9.17, 15) is 4.57 Å². The van der Waals surface area contributed by atoms with Gasteiger partial charge in [0, 0.05) is 5.88 Å². The van der Waals surface area contributed by atoms with Crippen LogP contribution in [0.5, 0.6) is 0 Å². The molecule has 1 N–H and O–H groups in total. The molecule has 0 aromatic rings. The second-order valence-electron chi connectivity index (χ2n) is 6.97. The molecule has 2 atom stereocenters. The third kappa shape index (κ3) is 19.1. The molecule has 0 fully saturated rings. The molecule has 0 aliphatic carbocycles. The van der Waals surface area contributed by atoms with Crippen LogP contribution in [-0.4, -0.2) is 53.9 Å². The summed E-state index contributed by atoms with van der Waals surface area (Å²) >= 11 is 5.57. The van der Waals surface area contributed by atoms with Crippen LogP contribution in [0.15, 0.2) is 0 Å². The average molecular weight is 439 g/mol. The van der Waals surface area contributed by atoms with Crippen LogP contribution in [0, 0.1) is 5.92 Å². The van der Waals surface area contributed by atoms with Crippen LogP contribution >= 0.6 is 19.4 Å². The minimum absolute atomic E-state index is 0. The summed E-state index contributed by atoms with van der Waals surface area (Å²) in [7, 11) is -3.89. The van der Waals surface area contributed by atoms with Crippen molar-refractivity contribution in [2.75, 3.05) is 19.1 Å². The molecule has 0 heterocycles. The van der Waals surface area contributed by atoms with E-state index in [4.69, 9.17) is 25.9 Å². The number of phosphoric ester groups is 1. The predicted molar refractivity (Wildman–Crippen MR) is 116 cm³/mol. The summed E-state index contributed by atoms with van der Waals surface area (Å²) in [6.07, 6.45) is 14.9. The average Bonchev–Trinajstić information content (AvgIpc) is 2.65. The Labute approximate surface area is 194 Å². The van der Waals surface area contributed by atoms with Crippen LogP contribution in [0.1, 0.15) is 97.3 Å². The van der Waals surface area contributed by atoms with E-state index in [2.05, 4.69) is 18.5 Å². The molecule has 27 heavy (non-hydrogen) atoms. The van der Waals surface area contributed by atoms with Gasteiger partial charge in [-0.25, -0.2) is 9.82 Å². The number of phosphoric acid groups is 1. The third-order valence-electron chi connectivity index (χ3n) is 4.53. The molecule has 5 nitrogen and oxygen atoms in total. The van der Waals surface area contributed by atoms with Crippen LogP contribution in [-0.2, 0) is 18.3 Å². The Hall–Kier alpha value is 1.36. The van der Waals surface area contributed by atoms with E-state index in [1.807, 2.05) is 0 Å². The summed E-state index contributed by atoms with van der Waals surface area (Å²) in [4.78, 5) is 0. The zero-order valence-electron chi connectivity index (χ0n) is 16.8. The molecule has 0 aliphatic heterocycles. The van der Waals surface area contributed by atoms with Gasteiger partial charge in [-0.15, -0.1) is 16.3 Å². The van der Waals surface area contributed by atoms with Gasteiger partial charge in [-0.05, 0) is 25.2 Å². The molecule has 0 radical (unpaired) electrons. The second kappa shape index (κ2) is 22.1. The summed E-state index contributed by atoms with van der Waals surface area (Å²) in [5.74, 6) is 0.710. The Bertz CT molecular complexity index is 350. The fraction of sp³-hybridized carbons (Fsp3) is 1.00. The Kier molecular flexibility index (Phi) is 25.0. The maximum atomic E-state index is 12.2. The van der Waals surface area contributed by atoms with Gasteiger partial charge < -0.3 is 0 Å². The molecule has 0 aromatic carbocycles. The first-order valence-electron chi connectivity index (χ1n) is 10.4. The zero-order chi connectivity index (χ0) is 19.5. The number of halogens is 1. The van der Waals surface area contributed by atoms with Crippen LogP contribution in [0.25, 0.3) is 0 Å². The molecule has 0 aliphatic rings. The molecular weight excluding hydrogens is 398 g/mol. The van der Waals surface area contributed by atoms with Crippen molar-refractivity contribution in [1.82, 2.24) is 0 Å². The standard InChI is InChI=1S/C19H40ClO5P.Na.H/c1-3-5-7-9-10-12-15-19(14-11-8-6-4-2)18-24-26(22,25-21)23-17-13-16-20;;/h19,21H,3-18H2,1-2H3;;. The summed E-state index contributed by atoms with van der Waals surface area (Å²) in [6.45, 7) is 4.85. The van der Waals surface area contributed by atoms with Crippen molar-refractivity contribution < 1.29 is 23.5 Å². The van der Waals surface area contributed by atoms with Crippen LogP contribution in [0.4, 0.5) is 0 Å². The quantitative estimate of drug-likeness (QED) is 0.0557. The van der Waals surface area contributed by atoms with Gasteiger partial charge in [0.15, 0.2) is 0 Å². The van der Waals surface area contributed by atoms with Crippen molar-refractivity contribution in [1.29, 1.82) is 0 Å². The van der Waals surface area contributed by atoms with Gasteiger partial charge in [-0.1, -0.05) is 78.1 Å². The van der Waals surface area contributed by atoms with Crippen molar-refractivity contribution in [2.45, 2.75) is 97.3 Å². The molecule has 0 bridgehead atoms. The van der Waals surface area contributed by atoms with Crippen LogP contribution < -0.4 is 0 Å². The van der Waals surface area contributed by atoms with Gasteiger partial charge in [-0.2, -0.15) is 0 Å². The minimum atomic E-state index is -3.89. The number of alkyl halides is 1. The van der Waals surface area contributed by atoms with Gasteiger partial charge in [-0.3, -0.25) is 9.05 Å². The first-order chi connectivity index (χ1) is 12.6. The molecule has 8 heteroatoms. The van der Waals surface area contributed by atoms with E-state index in [0.717, 1.165) is 25.7 Å². The normalized spacial score (nSPS) is 14.5. The van der Waals surface area contributed by atoms with Gasteiger partial charge in [0.2, 0.25) is 0 Å². The van der Waals surface area contributed by atoms with Crippen molar-refractivity contribution >= 4 is 49.0 Å². The summed E-state index contributed by atoms with van der Waals surface area (Å²) in [5.41, 5.74) is 0. The van der Waals surface area contributed by atoms with E-state index in [-0.39, 0.29) is 36.2 Å². The molecule has 0 saturated heterocycles. The molecular formula is C19H41ClNaO5P. The van der Waals surface area contributed by atoms with Crippen molar-refractivity contribution in [3.8, 4) is 0 Å². The van der Waals surface area contributed by atoms with Gasteiger partial charge >= 0.3 is 37.4 Å². The number of hydrogen-bond donors (Lipinski definition) is 1. The van der Waals surface area contributed by atoms with E-state index in [1.54, 1.807) is 0 Å². The van der Waals surface area contributed by atoms with E-state index >= 15 is 0 Å². The maximum absolute atomic E-state index is 12.2. The van der Waals surface area contributed by atoms with E-state index in [0.29, 0.717) is 24.8 Å². The fourth-order valence-electron chi connectivity index (χ4n) is 2.90. The second-order valence-corrected chi connectivity index (χ2v) is 8.92. The third-order valence-corrected chi connectivity index (χ3v) is 5.96. The number of rotatable bonds is 20. The Balaban J connectivity index is 0. The molecule has 2 unspecified atom stereocenters. The fourth-order valence-corrected chi connectivity index (χ4v) is 3.92. The Morgan fingerprint density at radius 1 is 0.852 bits per heavy atom. The van der Waals surface area contributed by atoms with Gasteiger partial charge in [0.05, 0.1) is 13.2 Å². The number of hydrogen-bond acceptors (Lipinski definition) is 5. The molecule has 0 rings (SSSR count). The van der Waals surface area contributed by atoms with Crippen molar-refractivity contribution in [3.05, 3.63) is 0 Å². The Morgan fingerprint density at radius 2 is 1.37 bits per heavy atom. The van der Waals surface area contributed by atoms with Crippen LogP contribution in [0.2, 0.25) is 0 Å². The topological polar surface area (TPSA) is 65.0 Å². The molecule has 0 saturated carbocycles. The van der Waals surface area contributed by atoms with E-state index < -0.39 is 7.82 Å². The molecule has 0 spiro atoms. The summed E-state index contributed by atoms with van der Waals surface area (Å²) in [5, 5.41) is 8.89. The Morgan fingerprint density at radius 3 is 1.89 bits per heavy atom. The van der Waals surface area contributed by atoms with Crippen molar-refractivity contribution in [3.63, 3.8) is 0 Å². The predicted octanol–water partition coefficient (Wildman–Crippen LogP) is 6.93. The first-order valence-corrected chi connectivity index (χ1v) is 12.4. The number of unbranched alkanes of at least 4 members (excludes halogenated alkanes) is 8. The molecule has 160 valence electrons. The van der Waals surface area contributed by atoms with Gasteiger partial charge in [0.1, 0.15) is 0 Å².